The minimum atomic E-state index is -0.547. The van der Waals surface area contributed by atoms with Crippen molar-refractivity contribution in [2.24, 2.45) is 5.92 Å². The molecule has 2 rings (SSSR count). The first kappa shape index (κ1) is 15.5. The molecule has 2 aromatic carbocycles. The molecule has 0 aromatic heterocycles. The summed E-state index contributed by atoms with van der Waals surface area (Å²) in [6.45, 7) is 6.51. The highest BCUT2D eigenvalue weighted by molar-refractivity contribution is 14.1. The van der Waals surface area contributed by atoms with Gasteiger partial charge < -0.3 is 5.11 Å². The molecule has 0 heterocycles. The Balaban J connectivity index is 2.33. The molecule has 2 aromatic rings. The summed E-state index contributed by atoms with van der Waals surface area (Å²) in [6.07, 6.45) is 0.500. The first-order valence-electron chi connectivity index (χ1n) is 7.01. The predicted molar refractivity (Wildman–Crippen MR) is 92.9 cm³/mol. The fraction of sp³-hybridized carbons (Fsp3) is 0.333. The minimum absolute atomic E-state index is 0.547. The molecule has 0 aliphatic carbocycles. The van der Waals surface area contributed by atoms with E-state index < -0.39 is 6.10 Å². The quantitative estimate of drug-likeness (QED) is 0.750. The Labute approximate surface area is 135 Å². The zero-order valence-corrected chi connectivity index (χ0v) is 14.4. The van der Waals surface area contributed by atoms with E-state index in [9.17, 15) is 5.11 Å². The van der Waals surface area contributed by atoms with Crippen molar-refractivity contribution < 1.29 is 5.11 Å². The van der Waals surface area contributed by atoms with Crippen molar-refractivity contribution in [2.75, 3.05) is 0 Å². The molecular formula is C18H21IO. The van der Waals surface area contributed by atoms with Crippen molar-refractivity contribution in [2.45, 2.75) is 33.3 Å². The maximum atomic E-state index is 10.7. The van der Waals surface area contributed by atoms with Crippen LogP contribution in [0.3, 0.4) is 0 Å². The Kier molecular flexibility index (Phi) is 5.22. The van der Waals surface area contributed by atoms with Gasteiger partial charge in [-0.05, 0) is 64.1 Å². The predicted octanol–water partition coefficient (Wildman–Crippen LogP) is 4.88. The molecule has 1 unspecified atom stereocenters. The fourth-order valence-electron chi connectivity index (χ4n) is 2.42. The van der Waals surface area contributed by atoms with Gasteiger partial charge in [0.15, 0.2) is 0 Å². The van der Waals surface area contributed by atoms with Crippen molar-refractivity contribution in [3.63, 3.8) is 0 Å². The third kappa shape index (κ3) is 3.61. The maximum Gasteiger partial charge on any atom is 0.105 e. The summed E-state index contributed by atoms with van der Waals surface area (Å²) in [6, 6.07) is 14.4. The Morgan fingerprint density at radius 1 is 1.10 bits per heavy atom. The van der Waals surface area contributed by atoms with Gasteiger partial charge in [-0.2, -0.15) is 0 Å². The third-order valence-corrected chi connectivity index (χ3v) is 4.90. The SMILES string of the molecule is Cc1cccc(C(O)c2cccc(CC(C)C)c2)c1I. The normalized spacial score (nSPS) is 12.7. The lowest BCUT2D eigenvalue weighted by molar-refractivity contribution is 0.219. The molecule has 0 fully saturated rings. The van der Waals surface area contributed by atoms with Gasteiger partial charge in [-0.3, -0.25) is 0 Å². The van der Waals surface area contributed by atoms with Crippen LogP contribution in [0, 0.1) is 16.4 Å². The Hall–Kier alpha value is -0.870. The first-order valence-corrected chi connectivity index (χ1v) is 8.09. The fourth-order valence-corrected chi connectivity index (χ4v) is 3.08. The summed E-state index contributed by atoms with van der Waals surface area (Å²) < 4.78 is 1.15. The van der Waals surface area contributed by atoms with E-state index in [4.69, 9.17) is 0 Å². The van der Waals surface area contributed by atoms with Gasteiger partial charge in [-0.25, -0.2) is 0 Å². The van der Waals surface area contributed by atoms with Crippen LogP contribution < -0.4 is 0 Å². The van der Waals surface area contributed by atoms with E-state index in [2.05, 4.69) is 61.6 Å². The lowest BCUT2D eigenvalue weighted by Crippen LogP contribution is -2.04. The topological polar surface area (TPSA) is 20.2 Å². The van der Waals surface area contributed by atoms with Crippen LogP contribution >= 0.6 is 22.6 Å². The average molecular weight is 380 g/mol. The van der Waals surface area contributed by atoms with E-state index >= 15 is 0 Å². The summed E-state index contributed by atoms with van der Waals surface area (Å²) in [5.41, 5.74) is 4.47. The number of hydrogen-bond acceptors (Lipinski definition) is 1. The molecule has 1 atom stereocenters. The van der Waals surface area contributed by atoms with Crippen molar-refractivity contribution in [1.82, 2.24) is 0 Å². The largest absolute Gasteiger partial charge is 0.384 e. The molecule has 0 spiro atoms. The molecule has 1 N–H and O–H groups in total. The molecule has 0 amide bonds. The molecule has 106 valence electrons. The average Bonchev–Trinajstić information content (AvgIpc) is 2.41. The van der Waals surface area contributed by atoms with Crippen molar-refractivity contribution in [3.8, 4) is 0 Å². The molecule has 0 bridgehead atoms. The lowest BCUT2D eigenvalue weighted by Gasteiger charge is -2.16. The van der Waals surface area contributed by atoms with Crippen LogP contribution in [0.1, 0.15) is 42.2 Å². The number of aliphatic hydroxyl groups excluding tert-OH is 1. The summed E-state index contributed by atoms with van der Waals surface area (Å²) >= 11 is 2.32. The second kappa shape index (κ2) is 6.72. The molecule has 0 aliphatic rings. The van der Waals surface area contributed by atoms with Crippen LogP contribution in [0.15, 0.2) is 42.5 Å². The summed E-state index contributed by atoms with van der Waals surface area (Å²) in [5, 5.41) is 10.7. The van der Waals surface area contributed by atoms with Gasteiger partial charge in [-0.15, -0.1) is 0 Å². The monoisotopic (exact) mass is 380 g/mol. The van der Waals surface area contributed by atoms with Crippen LogP contribution in [0.4, 0.5) is 0 Å². The van der Waals surface area contributed by atoms with E-state index in [-0.39, 0.29) is 0 Å². The van der Waals surface area contributed by atoms with Gasteiger partial charge in [0.05, 0.1) is 0 Å². The zero-order valence-electron chi connectivity index (χ0n) is 12.2. The number of aryl methyl sites for hydroxylation is 1. The molecule has 1 nitrogen and oxygen atoms in total. The lowest BCUT2D eigenvalue weighted by atomic mass is 9.96. The van der Waals surface area contributed by atoms with Gasteiger partial charge in [-0.1, -0.05) is 56.3 Å². The number of rotatable bonds is 4. The van der Waals surface area contributed by atoms with Crippen molar-refractivity contribution in [3.05, 3.63) is 68.3 Å². The van der Waals surface area contributed by atoms with Crippen LogP contribution in [0.5, 0.6) is 0 Å². The molecular weight excluding hydrogens is 359 g/mol. The molecule has 0 aliphatic heterocycles. The van der Waals surface area contributed by atoms with Crippen LogP contribution in [0.25, 0.3) is 0 Å². The van der Waals surface area contributed by atoms with E-state index in [1.807, 2.05) is 24.3 Å². The molecule has 0 saturated heterocycles. The van der Waals surface area contributed by atoms with Crippen LogP contribution in [-0.2, 0) is 6.42 Å². The summed E-state index contributed by atoms with van der Waals surface area (Å²) in [5.74, 6) is 0.626. The Morgan fingerprint density at radius 2 is 1.80 bits per heavy atom. The number of aliphatic hydroxyl groups is 1. The van der Waals surface area contributed by atoms with Gasteiger partial charge in [0, 0.05) is 3.57 Å². The number of hydrogen-bond donors (Lipinski definition) is 1. The van der Waals surface area contributed by atoms with Crippen LogP contribution in [0.2, 0.25) is 0 Å². The Morgan fingerprint density at radius 3 is 2.50 bits per heavy atom. The number of halogens is 1. The highest BCUT2D eigenvalue weighted by Gasteiger charge is 2.15. The van der Waals surface area contributed by atoms with E-state index in [0.717, 1.165) is 21.1 Å². The van der Waals surface area contributed by atoms with Gasteiger partial charge in [0.25, 0.3) is 0 Å². The third-order valence-electron chi connectivity index (χ3n) is 3.43. The molecule has 20 heavy (non-hydrogen) atoms. The standard InChI is InChI=1S/C18H21IO/c1-12(2)10-14-7-5-8-15(11-14)18(20)16-9-4-6-13(3)17(16)19/h4-9,11-12,18,20H,10H2,1-3H3. The summed E-state index contributed by atoms with van der Waals surface area (Å²) in [4.78, 5) is 0. The highest BCUT2D eigenvalue weighted by atomic mass is 127. The van der Waals surface area contributed by atoms with Crippen molar-refractivity contribution >= 4 is 22.6 Å². The van der Waals surface area contributed by atoms with E-state index in [1.54, 1.807) is 0 Å². The van der Waals surface area contributed by atoms with E-state index in [0.29, 0.717) is 5.92 Å². The van der Waals surface area contributed by atoms with Gasteiger partial charge >= 0.3 is 0 Å². The van der Waals surface area contributed by atoms with Gasteiger partial charge in [0.2, 0.25) is 0 Å². The highest BCUT2D eigenvalue weighted by Crippen LogP contribution is 2.28. The molecule has 2 heteroatoms. The molecule has 0 radical (unpaired) electrons. The zero-order chi connectivity index (χ0) is 14.7. The second-order valence-electron chi connectivity index (χ2n) is 5.72. The smallest absolute Gasteiger partial charge is 0.105 e. The number of benzene rings is 2. The minimum Gasteiger partial charge on any atom is -0.384 e. The first-order chi connectivity index (χ1) is 9.49. The maximum absolute atomic E-state index is 10.7. The van der Waals surface area contributed by atoms with Crippen LogP contribution in [-0.4, -0.2) is 5.11 Å². The summed E-state index contributed by atoms with van der Waals surface area (Å²) in [7, 11) is 0. The Bertz CT molecular complexity index is 590. The molecule has 0 saturated carbocycles. The second-order valence-corrected chi connectivity index (χ2v) is 6.80. The van der Waals surface area contributed by atoms with E-state index in [1.165, 1.54) is 11.1 Å². The van der Waals surface area contributed by atoms with Crippen molar-refractivity contribution in [1.29, 1.82) is 0 Å². The van der Waals surface area contributed by atoms with Gasteiger partial charge in [0.1, 0.15) is 6.10 Å².